The SMILES string of the molecule is C=C(NNC(=O)CNC(=O)/C=C/c1ccc(OC)cc1)c1ccc(Cl)cc1. The molecule has 2 aromatic carbocycles. The van der Waals surface area contributed by atoms with Gasteiger partial charge >= 0.3 is 0 Å². The van der Waals surface area contributed by atoms with Crippen molar-refractivity contribution in [1.29, 1.82) is 0 Å². The molecule has 0 aliphatic carbocycles. The first-order valence-corrected chi connectivity index (χ1v) is 8.45. The van der Waals surface area contributed by atoms with E-state index < -0.39 is 5.91 Å². The van der Waals surface area contributed by atoms with Crippen molar-refractivity contribution in [3.8, 4) is 5.75 Å². The van der Waals surface area contributed by atoms with Crippen LogP contribution in [0.2, 0.25) is 5.02 Å². The Morgan fingerprint density at radius 3 is 2.37 bits per heavy atom. The molecule has 3 N–H and O–H groups in total. The van der Waals surface area contributed by atoms with Gasteiger partial charge in [-0.1, -0.05) is 42.4 Å². The van der Waals surface area contributed by atoms with Gasteiger partial charge in [-0.3, -0.25) is 20.4 Å². The number of carbonyl (C=O) groups excluding carboxylic acids is 2. The van der Waals surface area contributed by atoms with Crippen LogP contribution in [0.1, 0.15) is 11.1 Å². The number of hydrazine groups is 1. The van der Waals surface area contributed by atoms with Crippen LogP contribution in [0.15, 0.2) is 61.2 Å². The highest BCUT2D eigenvalue weighted by atomic mass is 35.5. The van der Waals surface area contributed by atoms with E-state index in [-0.39, 0.29) is 12.5 Å². The van der Waals surface area contributed by atoms with Crippen molar-refractivity contribution in [2.45, 2.75) is 0 Å². The second-order valence-corrected chi connectivity index (χ2v) is 5.92. The van der Waals surface area contributed by atoms with Gasteiger partial charge in [-0.15, -0.1) is 0 Å². The van der Waals surface area contributed by atoms with Gasteiger partial charge in [-0.25, -0.2) is 0 Å². The van der Waals surface area contributed by atoms with Gasteiger partial charge in [-0.2, -0.15) is 0 Å². The molecule has 140 valence electrons. The summed E-state index contributed by atoms with van der Waals surface area (Å²) in [5.74, 6) is -0.0465. The number of rotatable bonds is 8. The number of halogens is 1. The summed E-state index contributed by atoms with van der Waals surface area (Å²) < 4.78 is 5.07. The molecule has 7 heteroatoms. The average Bonchev–Trinajstić information content (AvgIpc) is 2.69. The molecule has 0 aliphatic rings. The standard InChI is InChI=1S/C20H20ClN3O3/c1-14(16-6-8-17(21)9-7-16)23-24-20(26)13-22-19(25)12-5-15-3-10-18(27-2)11-4-15/h3-12,23H,1,13H2,2H3,(H,22,25)(H,24,26)/b12-5+. The maximum absolute atomic E-state index is 11.8. The first-order chi connectivity index (χ1) is 13.0. The molecule has 0 radical (unpaired) electrons. The predicted molar refractivity (Wildman–Crippen MR) is 107 cm³/mol. The highest BCUT2D eigenvalue weighted by Crippen LogP contribution is 2.14. The van der Waals surface area contributed by atoms with Crippen LogP contribution in [0.3, 0.4) is 0 Å². The van der Waals surface area contributed by atoms with Crippen LogP contribution in [-0.2, 0) is 9.59 Å². The quantitative estimate of drug-likeness (QED) is 0.482. The Balaban J connectivity index is 1.72. The van der Waals surface area contributed by atoms with E-state index in [2.05, 4.69) is 22.7 Å². The summed E-state index contributed by atoms with van der Waals surface area (Å²) in [5, 5.41) is 3.11. The molecule has 2 amide bonds. The van der Waals surface area contributed by atoms with E-state index in [0.717, 1.165) is 16.9 Å². The topological polar surface area (TPSA) is 79.5 Å². The molecule has 0 bridgehead atoms. The number of hydrogen-bond acceptors (Lipinski definition) is 4. The number of nitrogens with one attached hydrogen (secondary N) is 3. The minimum atomic E-state index is -0.406. The van der Waals surface area contributed by atoms with Crippen molar-refractivity contribution in [2.75, 3.05) is 13.7 Å². The van der Waals surface area contributed by atoms with Crippen molar-refractivity contribution in [2.24, 2.45) is 0 Å². The third-order valence-corrected chi connectivity index (χ3v) is 3.76. The lowest BCUT2D eigenvalue weighted by molar-refractivity contribution is -0.124. The number of methoxy groups -OCH3 is 1. The molecular weight excluding hydrogens is 366 g/mol. The molecule has 0 aromatic heterocycles. The fourth-order valence-electron chi connectivity index (χ4n) is 2.03. The highest BCUT2D eigenvalue weighted by molar-refractivity contribution is 6.30. The molecule has 2 rings (SSSR count). The first-order valence-electron chi connectivity index (χ1n) is 8.07. The highest BCUT2D eigenvalue weighted by Gasteiger charge is 2.04. The largest absolute Gasteiger partial charge is 0.497 e. The molecule has 2 aromatic rings. The van der Waals surface area contributed by atoms with E-state index in [0.29, 0.717) is 10.7 Å². The summed E-state index contributed by atoms with van der Waals surface area (Å²) in [7, 11) is 1.59. The molecular formula is C20H20ClN3O3. The van der Waals surface area contributed by atoms with Gasteiger partial charge < -0.3 is 10.1 Å². The predicted octanol–water partition coefficient (Wildman–Crippen LogP) is 2.77. The summed E-state index contributed by atoms with van der Waals surface area (Å²) in [6.45, 7) is 3.65. The van der Waals surface area contributed by atoms with Gasteiger partial charge in [0.15, 0.2) is 0 Å². The molecule has 0 aliphatic heterocycles. The van der Waals surface area contributed by atoms with Crippen molar-refractivity contribution < 1.29 is 14.3 Å². The Morgan fingerprint density at radius 1 is 1.07 bits per heavy atom. The minimum Gasteiger partial charge on any atom is -0.497 e. The lowest BCUT2D eigenvalue weighted by Gasteiger charge is -2.11. The Kier molecular flexibility index (Phi) is 7.46. The Hall–Kier alpha value is -3.25. The van der Waals surface area contributed by atoms with Crippen LogP contribution in [0, 0.1) is 0 Å². The van der Waals surface area contributed by atoms with Crippen molar-refractivity contribution in [3.63, 3.8) is 0 Å². The summed E-state index contributed by atoms with van der Waals surface area (Å²) in [5.41, 5.74) is 7.29. The minimum absolute atomic E-state index is 0.174. The molecule has 0 atom stereocenters. The normalized spacial score (nSPS) is 10.3. The Bertz CT molecular complexity index is 831. The van der Waals surface area contributed by atoms with E-state index in [4.69, 9.17) is 16.3 Å². The number of ether oxygens (including phenoxy) is 1. The molecule has 0 unspecified atom stereocenters. The number of benzene rings is 2. The van der Waals surface area contributed by atoms with Crippen LogP contribution >= 0.6 is 11.6 Å². The van der Waals surface area contributed by atoms with Crippen LogP contribution < -0.4 is 20.9 Å². The van der Waals surface area contributed by atoms with Crippen LogP contribution in [0.4, 0.5) is 0 Å². The molecule has 0 fully saturated rings. The van der Waals surface area contributed by atoms with E-state index in [9.17, 15) is 9.59 Å². The van der Waals surface area contributed by atoms with Gasteiger partial charge in [-0.05, 0) is 41.5 Å². The molecule has 0 saturated heterocycles. The smallest absolute Gasteiger partial charge is 0.257 e. The lowest BCUT2D eigenvalue weighted by atomic mass is 10.2. The third-order valence-electron chi connectivity index (χ3n) is 3.51. The molecule has 0 saturated carbocycles. The number of amides is 2. The monoisotopic (exact) mass is 385 g/mol. The van der Waals surface area contributed by atoms with E-state index in [1.165, 1.54) is 6.08 Å². The van der Waals surface area contributed by atoms with Gasteiger partial charge in [0.1, 0.15) is 5.75 Å². The lowest BCUT2D eigenvalue weighted by Crippen LogP contribution is -2.42. The Labute approximate surface area is 162 Å². The van der Waals surface area contributed by atoms with E-state index in [1.54, 1.807) is 49.6 Å². The van der Waals surface area contributed by atoms with Crippen LogP contribution in [0.25, 0.3) is 11.8 Å². The zero-order valence-corrected chi connectivity index (χ0v) is 15.5. The van der Waals surface area contributed by atoms with Gasteiger partial charge in [0, 0.05) is 11.1 Å². The number of hydrogen-bond donors (Lipinski definition) is 3. The molecule has 27 heavy (non-hydrogen) atoms. The van der Waals surface area contributed by atoms with Crippen molar-refractivity contribution in [3.05, 3.63) is 77.3 Å². The average molecular weight is 386 g/mol. The van der Waals surface area contributed by atoms with Crippen LogP contribution in [0.5, 0.6) is 5.75 Å². The maximum atomic E-state index is 11.8. The van der Waals surface area contributed by atoms with Gasteiger partial charge in [0.25, 0.3) is 5.91 Å². The second kappa shape index (κ2) is 10.0. The van der Waals surface area contributed by atoms with Gasteiger partial charge in [0.2, 0.25) is 5.91 Å². The maximum Gasteiger partial charge on any atom is 0.257 e. The zero-order valence-electron chi connectivity index (χ0n) is 14.8. The van der Waals surface area contributed by atoms with E-state index >= 15 is 0 Å². The van der Waals surface area contributed by atoms with Crippen molar-refractivity contribution in [1.82, 2.24) is 16.2 Å². The second-order valence-electron chi connectivity index (χ2n) is 5.48. The fraction of sp³-hybridized carbons (Fsp3) is 0.100. The van der Waals surface area contributed by atoms with E-state index in [1.807, 2.05) is 12.1 Å². The zero-order chi connectivity index (χ0) is 19.6. The fourth-order valence-corrected chi connectivity index (χ4v) is 2.15. The number of carbonyl (C=O) groups is 2. The summed E-state index contributed by atoms with van der Waals surface area (Å²) >= 11 is 5.82. The first kappa shape index (κ1) is 20.1. The summed E-state index contributed by atoms with van der Waals surface area (Å²) in [6, 6.07) is 14.2. The molecule has 0 spiro atoms. The van der Waals surface area contributed by atoms with Crippen molar-refractivity contribution >= 4 is 35.2 Å². The molecule has 6 nitrogen and oxygen atoms in total. The summed E-state index contributed by atoms with van der Waals surface area (Å²) in [6.07, 6.45) is 3.00. The molecule has 0 heterocycles. The van der Waals surface area contributed by atoms with Crippen LogP contribution in [-0.4, -0.2) is 25.5 Å². The third kappa shape index (κ3) is 6.87. The summed E-state index contributed by atoms with van der Waals surface area (Å²) in [4.78, 5) is 23.6. The van der Waals surface area contributed by atoms with Gasteiger partial charge in [0.05, 0.1) is 19.4 Å². The Morgan fingerprint density at radius 2 is 1.74 bits per heavy atom.